The lowest BCUT2D eigenvalue weighted by atomic mass is 9.90. The summed E-state index contributed by atoms with van der Waals surface area (Å²) in [5.74, 6) is -0.793. The van der Waals surface area contributed by atoms with Gasteiger partial charge in [-0.3, -0.25) is 9.59 Å². The second-order valence-electron chi connectivity index (χ2n) is 6.91. The Kier molecular flexibility index (Phi) is 8.72. The van der Waals surface area contributed by atoms with E-state index in [0.717, 1.165) is 6.42 Å². The van der Waals surface area contributed by atoms with Crippen LogP contribution in [0.5, 0.6) is 0 Å². The number of carbonyl (C=O) groups is 2. The zero-order valence-corrected chi connectivity index (χ0v) is 15.5. The number of unbranched alkanes of at least 4 members (excludes halogenated alkanes) is 1. The molecule has 0 heterocycles. The predicted molar refractivity (Wildman–Crippen MR) is 106 cm³/mol. The molecule has 0 amide bonds. The lowest BCUT2D eigenvalue weighted by molar-refractivity contribution is -0.137. The van der Waals surface area contributed by atoms with Gasteiger partial charge in [0.15, 0.2) is 5.78 Å². The quantitative estimate of drug-likeness (QED) is 0.455. The molecule has 4 heteroatoms. The molecule has 0 fully saturated rings. The molecule has 0 saturated heterocycles. The summed E-state index contributed by atoms with van der Waals surface area (Å²) in [6, 6.07) is 10.1. The van der Waals surface area contributed by atoms with Crippen molar-refractivity contribution in [1.82, 2.24) is 0 Å². The fourth-order valence-corrected chi connectivity index (χ4v) is 3.17. The second-order valence-corrected chi connectivity index (χ2v) is 6.91. The third-order valence-corrected chi connectivity index (χ3v) is 4.76. The SMILES string of the molecule is O=C(O)CCC/C=C\C[C@@H]1C(=O)C=C[C@@H]1/C=C/[C@@H](O)CCc1ccccc1. The smallest absolute Gasteiger partial charge is 0.303 e. The zero-order valence-electron chi connectivity index (χ0n) is 15.5. The summed E-state index contributed by atoms with van der Waals surface area (Å²) >= 11 is 0. The van der Waals surface area contributed by atoms with Gasteiger partial charge in [-0.2, -0.15) is 0 Å². The van der Waals surface area contributed by atoms with Crippen molar-refractivity contribution in [3.05, 3.63) is 72.4 Å². The van der Waals surface area contributed by atoms with Crippen molar-refractivity contribution < 1.29 is 19.8 Å². The number of benzene rings is 1. The normalized spacial score (nSPS) is 20.7. The molecule has 0 saturated carbocycles. The predicted octanol–water partition coefficient (Wildman–Crippen LogP) is 4.11. The summed E-state index contributed by atoms with van der Waals surface area (Å²) in [6.45, 7) is 0. The number of aliphatic carboxylic acids is 1. The Labute approximate surface area is 160 Å². The molecular formula is C23H28O4. The number of hydrogen-bond donors (Lipinski definition) is 2. The van der Waals surface area contributed by atoms with Crippen LogP contribution in [0.2, 0.25) is 0 Å². The van der Waals surface area contributed by atoms with Crippen molar-refractivity contribution in [3.8, 4) is 0 Å². The lowest BCUT2D eigenvalue weighted by Crippen LogP contribution is -2.14. The molecular weight excluding hydrogens is 340 g/mol. The third-order valence-electron chi connectivity index (χ3n) is 4.76. The summed E-state index contributed by atoms with van der Waals surface area (Å²) < 4.78 is 0. The van der Waals surface area contributed by atoms with Crippen molar-refractivity contribution in [1.29, 1.82) is 0 Å². The van der Waals surface area contributed by atoms with Gasteiger partial charge in [0.2, 0.25) is 0 Å². The van der Waals surface area contributed by atoms with E-state index in [1.807, 2.05) is 54.6 Å². The maximum absolute atomic E-state index is 12.1. The maximum Gasteiger partial charge on any atom is 0.303 e. The average Bonchev–Trinajstić information content (AvgIpc) is 3.01. The van der Waals surface area contributed by atoms with Crippen LogP contribution in [0, 0.1) is 11.8 Å². The molecule has 0 aliphatic heterocycles. The molecule has 27 heavy (non-hydrogen) atoms. The Morgan fingerprint density at radius 1 is 1.19 bits per heavy atom. The van der Waals surface area contributed by atoms with Gasteiger partial charge in [-0.25, -0.2) is 0 Å². The number of aliphatic hydroxyl groups excluding tert-OH is 1. The first-order valence-corrected chi connectivity index (χ1v) is 9.55. The Bertz CT molecular complexity index is 688. The van der Waals surface area contributed by atoms with Crippen LogP contribution in [0.4, 0.5) is 0 Å². The first-order chi connectivity index (χ1) is 13.1. The Hall–Kier alpha value is -2.46. The van der Waals surface area contributed by atoms with Crippen LogP contribution in [-0.2, 0) is 16.0 Å². The number of carbonyl (C=O) groups excluding carboxylic acids is 1. The van der Waals surface area contributed by atoms with Crippen LogP contribution in [0.25, 0.3) is 0 Å². The first kappa shape index (κ1) is 20.8. The fourth-order valence-electron chi connectivity index (χ4n) is 3.17. The summed E-state index contributed by atoms with van der Waals surface area (Å²) in [5.41, 5.74) is 1.20. The van der Waals surface area contributed by atoms with Crippen molar-refractivity contribution in [2.24, 2.45) is 11.8 Å². The van der Waals surface area contributed by atoms with Gasteiger partial charge in [-0.15, -0.1) is 0 Å². The van der Waals surface area contributed by atoms with Gasteiger partial charge in [0, 0.05) is 18.3 Å². The van der Waals surface area contributed by atoms with Gasteiger partial charge in [-0.05, 0) is 43.7 Å². The van der Waals surface area contributed by atoms with E-state index >= 15 is 0 Å². The molecule has 0 radical (unpaired) electrons. The molecule has 0 aromatic heterocycles. The van der Waals surface area contributed by atoms with E-state index in [2.05, 4.69) is 0 Å². The lowest BCUT2D eigenvalue weighted by Gasteiger charge is -2.13. The van der Waals surface area contributed by atoms with Crippen LogP contribution >= 0.6 is 0 Å². The van der Waals surface area contributed by atoms with Gasteiger partial charge in [0.05, 0.1) is 6.10 Å². The molecule has 0 unspecified atom stereocenters. The summed E-state index contributed by atoms with van der Waals surface area (Å²) in [6.07, 6.45) is 14.2. The van der Waals surface area contributed by atoms with Crippen LogP contribution in [0.15, 0.2) is 66.8 Å². The number of rotatable bonds is 11. The number of aliphatic hydroxyl groups is 1. The number of hydrogen-bond acceptors (Lipinski definition) is 3. The van der Waals surface area contributed by atoms with E-state index in [-0.39, 0.29) is 24.0 Å². The standard InChI is InChI=1S/C23H28O4/c24-20(15-12-18-8-4-3-5-9-18)16-13-19-14-17-22(25)21(19)10-6-1-2-7-11-23(26)27/h1,3-6,8-9,13-14,16-17,19-21,24H,2,7,10-12,15H2,(H,26,27)/b6-1-,16-13+/t19-,20-,21-/m0/s1. The highest BCUT2D eigenvalue weighted by Gasteiger charge is 2.27. The third kappa shape index (κ3) is 7.75. The highest BCUT2D eigenvalue weighted by molar-refractivity contribution is 5.95. The second kappa shape index (κ2) is 11.3. The van der Waals surface area contributed by atoms with E-state index in [1.54, 1.807) is 12.2 Å². The largest absolute Gasteiger partial charge is 0.481 e. The van der Waals surface area contributed by atoms with E-state index < -0.39 is 12.1 Å². The van der Waals surface area contributed by atoms with Crippen molar-refractivity contribution in [2.45, 2.75) is 44.6 Å². The molecule has 144 valence electrons. The Morgan fingerprint density at radius 2 is 1.96 bits per heavy atom. The van der Waals surface area contributed by atoms with Crippen molar-refractivity contribution in [3.63, 3.8) is 0 Å². The van der Waals surface area contributed by atoms with Gasteiger partial charge in [0.25, 0.3) is 0 Å². The minimum absolute atomic E-state index is 0.00699. The van der Waals surface area contributed by atoms with Crippen LogP contribution in [0.3, 0.4) is 0 Å². The van der Waals surface area contributed by atoms with E-state index in [0.29, 0.717) is 25.7 Å². The molecule has 1 aliphatic carbocycles. The number of aryl methyl sites for hydroxylation is 1. The van der Waals surface area contributed by atoms with Gasteiger partial charge >= 0.3 is 5.97 Å². The monoisotopic (exact) mass is 368 g/mol. The topological polar surface area (TPSA) is 74.6 Å². The van der Waals surface area contributed by atoms with Crippen LogP contribution in [0.1, 0.15) is 37.7 Å². The van der Waals surface area contributed by atoms with E-state index in [9.17, 15) is 14.7 Å². The molecule has 1 aromatic rings. The van der Waals surface area contributed by atoms with E-state index in [4.69, 9.17) is 5.11 Å². The first-order valence-electron chi connectivity index (χ1n) is 9.55. The molecule has 3 atom stereocenters. The van der Waals surface area contributed by atoms with Crippen LogP contribution < -0.4 is 0 Å². The molecule has 0 spiro atoms. The average molecular weight is 368 g/mol. The molecule has 1 aromatic carbocycles. The maximum atomic E-state index is 12.1. The van der Waals surface area contributed by atoms with Gasteiger partial charge in [0.1, 0.15) is 0 Å². The molecule has 1 aliphatic rings. The highest BCUT2D eigenvalue weighted by atomic mass is 16.4. The van der Waals surface area contributed by atoms with Gasteiger partial charge in [-0.1, -0.05) is 60.7 Å². The van der Waals surface area contributed by atoms with Gasteiger partial charge < -0.3 is 10.2 Å². The summed E-state index contributed by atoms with van der Waals surface area (Å²) in [7, 11) is 0. The number of allylic oxidation sites excluding steroid dienone is 5. The van der Waals surface area contributed by atoms with Crippen LogP contribution in [-0.4, -0.2) is 28.1 Å². The molecule has 0 bridgehead atoms. The molecule has 2 rings (SSSR count). The molecule has 4 nitrogen and oxygen atoms in total. The minimum atomic E-state index is -0.783. The summed E-state index contributed by atoms with van der Waals surface area (Å²) in [5, 5.41) is 18.8. The zero-order chi connectivity index (χ0) is 19.5. The van der Waals surface area contributed by atoms with E-state index in [1.165, 1.54) is 5.56 Å². The molecule has 2 N–H and O–H groups in total. The highest BCUT2D eigenvalue weighted by Crippen LogP contribution is 2.27. The Morgan fingerprint density at radius 3 is 2.70 bits per heavy atom. The minimum Gasteiger partial charge on any atom is -0.481 e. The Balaban J connectivity index is 1.76. The fraction of sp³-hybridized carbons (Fsp3) is 0.391. The number of carboxylic acid groups (broad SMARTS) is 1. The number of ketones is 1. The number of carboxylic acids is 1. The summed E-state index contributed by atoms with van der Waals surface area (Å²) in [4.78, 5) is 22.5. The van der Waals surface area contributed by atoms with Crippen molar-refractivity contribution in [2.75, 3.05) is 0 Å². The van der Waals surface area contributed by atoms with Crippen molar-refractivity contribution >= 4 is 11.8 Å².